The minimum Gasteiger partial charge on any atom is -0.333 e. The molecular weight excluding hydrogens is 142 g/mol. The van der Waals surface area contributed by atoms with Crippen molar-refractivity contribution in [3.8, 4) is 0 Å². The second kappa shape index (κ2) is 4.11. The van der Waals surface area contributed by atoms with E-state index in [0.29, 0.717) is 6.54 Å². The summed E-state index contributed by atoms with van der Waals surface area (Å²) < 4.78 is 0. The second-order valence-electron chi connectivity index (χ2n) is 2.59. The third-order valence-corrected chi connectivity index (χ3v) is 1.80. The van der Waals surface area contributed by atoms with Crippen LogP contribution in [-0.2, 0) is 9.59 Å². The molecule has 0 aliphatic heterocycles. The molecule has 0 spiro atoms. The summed E-state index contributed by atoms with van der Waals surface area (Å²) in [6.45, 7) is 7.17. The molecule has 0 saturated heterocycles. The van der Waals surface area contributed by atoms with Gasteiger partial charge < -0.3 is 4.90 Å². The van der Waals surface area contributed by atoms with Crippen molar-refractivity contribution in [2.24, 2.45) is 0 Å². The highest BCUT2D eigenvalue weighted by Crippen LogP contribution is 1.99. The van der Waals surface area contributed by atoms with Crippen LogP contribution in [0.4, 0.5) is 0 Å². The third-order valence-electron chi connectivity index (χ3n) is 1.80. The Morgan fingerprint density at radius 1 is 1.36 bits per heavy atom. The van der Waals surface area contributed by atoms with Gasteiger partial charge in [-0.2, -0.15) is 0 Å². The van der Waals surface area contributed by atoms with Crippen LogP contribution in [0.15, 0.2) is 0 Å². The van der Waals surface area contributed by atoms with E-state index in [1.807, 2.05) is 6.92 Å². The summed E-state index contributed by atoms with van der Waals surface area (Å²) in [7, 11) is 0. The molecule has 64 valence electrons. The maximum atomic E-state index is 10.9. The fourth-order valence-electron chi connectivity index (χ4n) is 0.989. The predicted molar refractivity (Wildman–Crippen MR) is 43.2 cm³/mol. The largest absolute Gasteiger partial charge is 0.333 e. The lowest BCUT2D eigenvalue weighted by molar-refractivity contribution is -0.136. The number of hydrogen-bond donors (Lipinski definition) is 0. The first-order valence-corrected chi connectivity index (χ1v) is 3.78. The normalized spacial score (nSPS) is 12.4. The maximum absolute atomic E-state index is 10.9. The Bertz CT molecular complexity index is 165. The van der Waals surface area contributed by atoms with Gasteiger partial charge >= 0.3 is 0 Å². The Morgan fingerprint density at radius 2 is 1.82 bits per heavy atom. The standard InChI is InChI=1S/C8H15NO2/c1-5-9(8(4)11)6(2)7(3)10/h6H,5H2,1-4H3. The number of ketones is 1. The first-order chi connectivity index (χ1) is 5.00. The molecule has 0 aromatic carbocycles. The van der Waals surface area contributed by atoms with Gasteiger partial charge in [0.2, 0.25) is 5.91 Å². The lowest BCUT2D eigenvalue weighted by Crippen LogP contribution is -2.40. The van der Waals surface area contributed by atoms with E-state index in [0.717, 1.165) is 0 Å². The van der Waals surface area contributed by atoms with Crippen LogP contribution in [-0.4, -0.2) is 29.2 Å². The number of carbonyl (C=O) groups is 2. The Balaban J connectivity index is 4.25. The first kappa shape index (κ1) is 10.1. The molecule has 1 unspecified atom stereocenters. The zero-order valence-electron chi connectivity index (χ0n) is 7.55. The summed E-state index contributed by atoms with van der Waals surface area (Å²) >= 11 is 0. The summed E-state index contributed by atoms with van der Waals surface area (Å²) in [5, 5.41) is 0. The van der Waals surface area contributed by atoms with Crippen molar-refractivity contribution >= 4 is 11.7 Å². The van der Waals surface area contributed by atoms with Gasteiger partial charge in [0.1, 0.15) is 0 Å². The topological polar surface area (TPSA) is 37.4 Å². The quantitative estimate of drug-likeness (QED) is 0.608. The van der Waals surface area contributed by atoms with Crippen molar-refractivity contribution in [2.45, 2.75) is 33.7 Å². The highest BCUT2D eigenvalue weighted by molar-refractivity contribution is 5.86. The summed E-state index contributed by atoms with van der Waals surface area (Å²) in [5.74, 6) is -0.0164. The van der Waals surface area contributed by atoms with Crippen LogP contribution >= 0.6 is 0 Å². The molecular formula is C8H15NO2. The predicted octanol–water partition coefficient (Wildman–Crippen LogP) is 0.832. The van der Waals surface area contributed by atoms with E-state index in [2.05, 4.69) is 0 Å². The number of Topliss-reactive ketones (excluding diaryl/α,β-unsaturated/α-hetero) is 1. The minimum absolute atomic E-state index is 0.0297. The van der Waals surface area contributed by atoms with Crippen LogP contribution in [0.5, 0.6) is 0 Å². The lowest BCUT2D eigenvalue weighted by Gasteiger charge is -2.24. The van der Waals surface area contributed by atoms with E-state index < -0.39 is 0 Å². The lowest BCUT2D eigenvalue weighted by atomic mass is 10.2. The van der Waals surface area contributed by atoms with E-state index in [-0.39, 0.29) is 17.7 Å². The molecule has 0 heterocycles. The second-order valence-corrected chi connectivity index (χ2v) is 2.59. The molecule has 1 atom stereocenters. The SMILES string of the molecule is CCN(C(C)=O)C(C)C(C)=O. The van der Waals surface area contributed by atoms with Crippen LogP contribution in [0.1, 0.15) is 27.7 Å². The van der Waals surface area contributed by atoms with Crippen LogP contribution < -0.4 is 0 Å². The average molecular weight is 157 g/mol. The Labute approximate surface area is 67.4 Å². The number of nitrogens with zero attached hydrogens (tertiary/aromatic N) is 1. The van der Waals surface area contributed by atoms with Crippen molar-refractivity contribution in [1.29, 1.82) is 0 Å². The van der Waals surface area contributed by atoms with E-state index in [4.69, 9.17) is 0 Å². The molecule has 0 aliphatic carbocycles. The van der Waals surface area contributed by atoms with Crippen molar-refractivity contribution in [3.63, 3.8) is 0 Å². The van der Waals surface area contributed by atoms with Crippen molar-refractivity contribution in [3.05, 3.63) is 0 Å². The number of rotatable bonds is 3. The smallest absolute Gasteiger partial charge is 0.220 e. The Kier molecular flexibility index (Phi) is 3.79. The number of hydrogen-bond acceptors (Lipinski definition) is 2. The maximum Gasteiger partial charge on any atom is 0.220 e. The Hall–Kier alpha value is -0.860. The molecule has 0 fully saturated rings. The molecule has 0 N–H and O–H groups in total. The van der Waals surface area contributed by atoms with Crippen LogP contribution in [0.3, 0.4) is 0 Å². The van der Waals surface area contributed by atoms with Gasteiger partial charge in [0.05, 0.1) is 6.04 Å². The van der Waals surface area contributed by atoms with E-state index >= 15 is 0 Å². The molecule has 0 bridgehead atoms. The molecule has 0 radical (unpaired) electrons. The van der Waals surface area contributed by atoms with Gasteiger partial charge in [0.15, 0.2) is 5.78 Å². The van der Waals surface area contributed by atoms with Gasteiger partial charge in [-0.1, -0.05) is 0 Å². The van der Waals surface area contributed by atoms with Gasteiger partial charge in [-0.15, -0.1) is 0 Å². The highest BCUT2D eigenvalue weighted by atomic mass is 16.2. The van der Waals surface area contributed by atoms with Crippen LogP contribution in [0.2, 0.25) is 0 Å². The molecule has 0 aliphatic rings. The summed E-state index contributed by atoms with van der Waals surface area (Å²) in [6.07, 6.45) is 0. The minimum atomic E-state index is -0.280. The molecule has 3 heteroatoms. The van der Waals surface area contributed by atoms with Crippen LogP contribution in [0.25, 0.3) is 0 Å². The van der Waals surface area contributed by atoms with E-state index in [9.17, 15) is 9.59 Å². The summed E-state index contributed by atoms with van der Waals surface area (Å²) in [4.78, 5) is 23.3. The number of carbonyl (C=O) groups excluding carboxylic acids is 2. The molecule has 3 nitrogen and oxygen atoms in total. The molecule has 11 heavy (non-hydrogen) atoms. The molecule has 0 aromatic heterocycles. The molecule has 1 amide bonds. The van der Waals surface area contributed by atoms with Crippen LogP contribution in [0, 0.1) is 0 Å². The van der Waals surface area contributed by atoms with Gasteiger partial charge in [0.25, 0.3) is 0 Å². The van der Waals surface area contributed by atoms with Gasteiger partial charge in [-0.3, -0.25) is 9.59 Å². The molecule has 0 rings (SSSR count). The third kappa shape index (κ3) is 2.70. The zero-order valence-corrected chi connectivity index (χ0v) is 7.55. The van der Waals surface area contributed by atoms with Crippen molar-refractivity contribution in [2.75, 3.05) is 6.54 Å². The first-order valence-electron chi connectivity index (χ1n) is 3.78. The fraction of sp³-hybridized carbons (Fsp3) is 0.750. The average Bonchev–Trinajstić information content (AvgIpc) is 1.88. The van der Waals surface area contributed by atoms with E-state index in [1.165, 1.54) is 13.8 Å². The molecule has 0 aromatic rings. The molecule has 0 saturated carbocycles. The summed E-state index contributed by atoms with van der Waals surface area (Å²) in [6, 6.07) is -0.280. The number of likely N-dealkylation sites (N-methyl/N-ethyl adjacent to an activating group) is 1. The van der Waals surface area contributed by atoms with Crippen molar-refractivity contribution in [1.82, 2.24) is 4.90 Å². The summed E-state index contributed by atoms with van der Waals surface area (Å²) in [5.41, 5.74) is 0. The van der Waals surface area contributed by atoms with Gasteiger partial charge in [-0.05, 0) is 20.8 Å². The van der Waals surface area contributed by atoms with Gasteiger partial charge in [0, 0.05) is 13.5 Å². The van der Waals surface area contributed by atoms with E-state index in [1.54, 1.807) is 11.8 Å². The highest BCUT2D eigenvalue weighted by Gasteiger charge is 2.17. The monoisotopic (exact) mass is 157 g/mol. The Morgan fingerprint density at radius 3 is 1.91 bits per heavy atom. The fourth-order valence-corrected chi connectivity index (χ4v) is 0.989. The zero-order chi connectivity index (χ0) is 9.02. The van der Waals surface area contributed by atoms with Gasteiger partial charge in [-0.25, -0.2) is 0 Å². The number of amides is 1. The van der Waals surface area contributed by atoms with Crippen molar-refractivity contribution < 1.29 is 9.59 Å².